The molecule has 2 nitrogen and oxygen atoms in total. The van der Waals surface area contributed by atoms with Gasteiger partial charge >= 0.3 is 18.9 Å². The second-order valence-corrected chi connectivity index (χ2v) is 4.77. The molecule has 0 amide bonds. The van der Waals surface area contributed by atoms with Crippen molar-refractivity contribution in [1.29, 1.82) is 0 Å². The Bertz CT molecular complexity index is 503. The fourth-order valence-electron chi connectivity index (χ4n) is 1.54. The summed E-state index contributed by atoms with van der Waals surface area (Å²) in [7, 11) is 0. The summed E-state index contributed by atoms with van der Waals surface area (Å²) in [4.78, 5) is 4.43. The molecule has 78 valence electrons. The quantitative estimate of drug-likeness (QED) is 0.552. The molecule has 0 aliphatic rings. The number of rotatable bonds is 0. The van der Waals surface area contributed by atoms with Crippen molar-refractivity contribution < 1.29 is 24.0 Å². The first kappa shape index (κ1) is 13.1. The summed E-state index contributed by atoms with van der Waals surface area (Å²) in [6.45, 7) is 6.28. The number of para-hydroxylation sites is 1. The van der Waals surface area contributed by atoms with E-state index in [-0.39, 0.29) is 30.0 Å². The van der Waals surface area contributed by atoms with E-state index >= 15 is 0 Å². The van der Waals surface area contributed by atoms with E-state index in [1.165, 1.54) is 0 Å². The third-order valence-corrected chi connectivity index (χ3v) is 2.45. The van der Waals surface area contributed by atoms with Crippen LogP contribution < -0.4 is 24.0 Å². The van der Waals surface area contributed by atoms with Gasteiger partial charge in [-0.15, -0.1) is 0 Å². The van der Waals surface area contributed by atoms with E-state index in [1.807, 2.05) is 18.2 Å². The van der Waals surface area contributed by atoms with Gasteiger partial charge in [0.15, 0.2) is 0 Å². The van der Waals surface area contributed by atoms with Crippen LogP contribution in [0.3, 0.4) is 0 Å². The SMILES string of the molecule is CC(C)(C)c1ccc2cccc([O-])c2n1.[Li+]. The van der Waals surface area contributed by atoms with Crippen molar-refractivity contribution in [1.82, 2.24) is 4.98 Å². The average Bonchev–Trinajstić information content (AvgIpc) is 2.16. The summed E-state index contributed by atoms with van der Waals surface area (Å²) in [6.07, 6.45) is 0. The van der Waals surface area contributed by atoms with E-state index in [2.05, 4.69) is 25.8 Å². The number of nitrogens with zero attached hydrogens (tertiary/aromatic N) is 1. The Balaban J connectivity index is 0.00000128. The molecule has 0 aliphatic carbocycles. The van der Waals surface area contributed by atoms with Crippen molar-refractivity contribution in [2.24, 2.45) is 0 Å². The number of aromatic nitrogens is 1. The largest absolute Gasteiger partial charge is 1.00 e. The molecular formula is C13H14LiNO. The first-order valence-corrected chi connectivity index (χ1v) is 5.06. The van der Waals surface area contributed by atoms with Gasteiger partial charge in [0.05, 0.1) is 5.52 Å². The van der Waals surface area contributed by atoms with Crippen molar-refractivity contribution in [3.8, 4) is 5.75 Å². The van der Waals surface area contributed by atoms with Crippen LogP contribution in [-0.4, -0.2) is 4.98 Å². The second-order valence-electron chi connectivity index (χ2n) is 4.77. The maximum Gasteiger partial charge on any atom is 1.00 e. The molecule has 2 aromatic rings. The molecule has 0 aliphatic heterocycles. The first-order chi connectivity index (χ1) is 6.98. The fourth-order valence-corrected chi connectivity index (χ4v) is 1.54. The van der Waals surface area contributed by atoms with Gasteiger partial charge in [0.25, 0.3) is 0 Å². The van der Waals surface area contributed by atoms with Gasteiger partial charge in [0.2, 0.25) is 0 Å². The Morgan fingerprint density at radius 2 is 1.75 bits per heavy atom. The summed E-state index contributed by atoms with van der Waals surface area (Å²) in [5, 5.41) is 12.5. The van der Waals surface area contributed by atoms with E-state index in [0.29, 0.717) is 5.52 Å². The van der Waals surface area contributed by atoms with Gasteiger partial charge in [0.1, 0.15) is 0 Å². The minimum Gasteiger partial charge on any atom is -0.871 e. The normalized spacial score (nSPS) is 11.2. The van der Waals surface area contributed by atoms with Gasteiger partial charge in [-0.1, -0.05) is 50.8 Å². The molecule has 1 aromatic heterocycles. The predicted molar refractivity (Wildman–Crippen MR) is 59.9 cm³/mol. The summed E-state index contributed by atoms with van der Waals surface area (Å²) in [6, 6.07) is 9.19. The average molecular weight is 207 g/mol. The minimum absolute atomic E-state index is 0. The maximum atomic E-state index is 11.6. The molecule has 0 atom stereocenters. The van der Waals surface area contributed by atoms with Gasteiger partial charge in [-0.2, -0.15) is 0 Å². The zero-order valence-electron chi connectivity index (χ0n) is 10.2. The number of benzene rings is 1. The molecule has 0 N–H and O–H groups in total. The number of hydrogen-bond acceptors (Lipinski definition) is 2. The molecule has 1 aromatic carbocycles. The molecule has 0 fully saturated rings. The van der Waals surface area contributed by atoms with Crippen LogP contribution in [0, 0.1) is 0 Å². The zero-order chi connectivity index (χ0) is 11.1. The third kappa shape index (κ3) is 2.40. The predicted octanol–water partition coefficient (Wildman–Crippen LogP) is -0.390. The number of pyridine rings is 1. The van der Waals surface area contributed by atoms with Gasteiger partial charge in [-0.25, -0.2) is 0 Å². The zero-order valence-corrected chi connectivity index (χ0v) is 10.2. The van der Waals surface area contributed by atoms with Crippen molar-refractivity contribution in [3.63, 3.8) is 0 Å². The van der Waals surface area contributed by atoms with E-state index in [4.69, 9.17) is 0 Å². The molecule has 0 radical (unpaired) electrons. The maximum absolute atomic E-state index is 11.6. The van der Waals surface area contributed by atoms with E-state index in [0.717, 1.165) is 11.1 Å². The molecule has 0 bridgehead atoms. The van der Waals surface area contributed by atoms with Crippen molar-refractivity contribution in [2.45, 2.75) is 26.2 Å². The molecule has 3 heteroatoms. The summed E-state index contributed by atoms with van der Waals surface area (Å²) in [5.41, 5.74) is 1.51. The Hall–Kier alpha value is -0.973. The van der Waals surface area contributed by atoms with Crippen LogP contribution in [-0.2, 0) is 5.41 Å². The Labute approximate surface area is 108 Å². The molecule has 0 saturated carbocycles. The van der Waals surface area contributed by atoms with Crippen molar-refractivity contribution >= 4 is 10.9 Å². The van der Waals surface area contributed by atoms with Crippen LogP contribution in [0.5, 0.6) is 5.75 Å². The monoisotopic (exact) mass is 207 g/mol. The van der Waals surface area contributed by atoms with E-state index < -0.39 is 0 Å². The molecule has 16 heavy (non-hydrogen) atoms. The standard InChI is InChI=1S/C13H15NO.Li/c1-13(2,3)11-8-7-9-5-4-6-10(15)12(9)14-11;/h4-8,15H,1-3H3;/q;+1/p-1. The third-order valence-electron chi connectivity index (χ3n) is 2.45. The van der Waals surface area contributed by atoms with Crippen LogP contribution in [0.4, 0.5) is 0 Å². The topological polar surface area (TPSA) is 36.0 Å². The van der Waals surface area contributed by atoms with Crippen molar-refractivity contribution in [2.75, 3.05) is 0 Å². The van der Waals surface area contributed by atoms with Crippen molar-refractivity contribution in [3.05, 3.63) is 36.0 Å². The summed E-state index contributed by atoms with van der Waals surface area (Å²) >= 11 is 0. The van der Waals surface area contributed by atoms with Gasteiger partial charge < -0.3 is 5.11 Å². The fraction of sp³-hybridized carbons (Fsp3) is 0.308. The van der Waals surface area contributed by atoms with Crippen LogP contribution in [0.2, 0.25) is 0 Å². The van der Waals surface area contributed by atoms with E-state index in [9.17, 15) is 5.11 Å². The van der Waals surface area contributed by atoms with Crippen LogP contribution >= 0.6 is 0 Å². The molecule has 0 spiro atoms. The smallest absolute Gasteiger partial charge is 0.871 e. The Kier molecular flexibility index (Phi) is 3.67. The van der Waals surface area contributed by atoms with Gasteiger partial charge in [-0.05, 0) is 11.5 Å². The molecule has 0 unspecified atom stereocenters. The van der Waals surface area contributed by atoms with Crippen LogP contribution in [0.25, 0.3) is 10.9 Å². The minimum atomic E-state index is -0.0174. The van der Waals surface area contributed by atoms with Gasteiger partial charge in [0, 0.05) is 11.1 Å². The summed E-state index contributed by atoms with van der Waals surface area (Å²) < 4.78 is 0. The summed E-state index contributed by atoms with van der Waals surface area (Å²) in [5.74, 6) is -0.00130. The number of hydrogen-bond donors (Lipinski definition) is 0. The Morgan fingerprint density at radius 1 is 1.06 bits per heavy atom. The molecular weight excluding hydrogens is 193 g/mol. The van der Waals surface area contributed by atoms with E-state index in [1.54, 1.807) is 12.1 Å². The first-order valence-electron chi connectivity index (χ1n) is 5.06. The number of fused-ring (bicyclic) bond motifs is 1. The molecule has 1 heterocycles. The van der Waals surface area contributed by atoms with Crippen LogP contribution in [0.15, 0.2) is 30.3 Å². The Morgan fingerprint density at radius 3 is 2.38 bits per heavy atom. The molecule has 0 saturated heterocycles. The second kappa shape index (κ2) is 4.49. The molecule has 2 rings (SSSR count). The van der Waals surface area contributed by atoms with Crippen LogP contribution in [0.1, 0.15) is 26.5 Å². The van der Waals surface area contributed by atoms with Gasteiger partial charge in [-0.3, -0.25) is 4.98 Å².